The van der Waals surface area contributed by atoms with Crippen molar-refractivity contribution in [3.63, 3.8) is 0 Å². The van der Waals surface area contributed by atoms with E-state index < -0.39 is 0 Å². The molecule has 0 radical (unpaired) electrons. The fraction of sp³-hybridized carbons (Fsp3) is 0.800. The maximum absolute atomic E-state index is 10.2. The zero-order chi connectivity index (χ0) is 10.7. The minimum Gasteiger partial charge on any atom is -0.386 e. The number of aliphatic hydroxyl groups excluding tert-OH is 1. The van der Waals surface area contributed by atoms with Crippen LogP contribution in [0.2, 0.25) is 0 Å². The number of hydrogen-bond acceptors (Lipinski definition) is 4. The summed E-state index contributed by atoms with van der Waals surface area (Å²) in [5.74, 6) is 2.60. The Morgan fingerprint density at radius 3 is 3.27 bits per heavy atom. The molecular weight excluding hydrogens is 210 g/mol. The smallest absolute Gasteiger partial charge is 0.101 e. The third-order valence-corrected chi connectivity index (χ3v) is 3.99. The molecule has 0 spiro atoms. The first-order chi connectivity index (χ1) is 7.33. The molecule has 1 N–H and O–H groups in total. The van der Waals surface area contributed by atoms with Crippen LogP contribution in [0.1, 0.15) is 31.6 Å². The lowest BCUT2D eigenvalue weighted by atomic mass is 10.00. The van der Waals surface area contributed by atoms with Crippen molar-refractivity contribution in [1.29, 1.82) is 0 Å². The highest BCUT2D eigenvalue weighted by molar-refractivity contribution is 7.99. The monoisotopic (exact) mass is 227 g/mol. The number of aromatic nitrogens is 3. The van der Waals surface area contributed by atoms with Gasteiger partial charge in [0.2, 0.25) is 0 Å². The molecule has 0 bridgehead atoms. The standard InChI is InChI=1S/C10H17N3OS/c1-2-4-13-9(6-11-12-13)10(14)8-3-5-15-7-8/h6,8,10,14H,2-5,7H2,1H3. The Labute approximate surface area is 94.1 Å². The summed E-state index contributed by atoms with van der Waals surface area (Å²) in [5, 5.41) is 18.1. The summed E-state index contributed by atoms with van der Waals surface area (Å²) < 4.78 is 1.83. The summed E-state index contributed by atoms with van der Waals surface area (Å²) >= 11 is 1.92. The number of nitrogens with zero attached hydrogens (tertiary/aromatic N) is 3. The fourth-order valence-corrected chi connectivity index (χ4v) is 3.21. The zero-order valence-electron chi connectivity index (χ0n) is 8.96. The van der Waals surface area contributed by atoms with Crippen LogP contribution in [0.3, 0.4) is 0 Å². The Morgan fingerprint density at radius 1 is 1.73 bits per heavy atom. The van der Waals surface area contributed by atoms with E-state index in [9.17, 15) is 5.11 Å². The number of aliphatic hydroxyl groups is 1. The summed E-state index contributed by atoms with van der Waals surface area (Å²) in [6, 6.07) is 0. The molecule has 0 aromatic carbocycles. The van der Waals surface area contributed by atoms with E-state index >= 15 is 0 Å². The fourth-order valence-electron chi connectivity index (χ4n) is 1.92. The van der Waals surface area contributed by atoms with Gasteiger partial charge < -0.3 is 5.11 Å². The van der Waals surface area contributed by atoms with Gasteiger partial charge in [0, 0.05) is 12.5 Å². The van der Waals surface area contributed by atoms with Gasteiger partial charge in [-0.1, -0.05) is 12.1 Å². The van der Waals surface area contributed by atoms with Crippen molar-refractivity contribution in [2.24, 2.45) is 5.92 Å². The second-order valence-corrected chi connectivity index (χ2v) is 5.10. The molecule has 2 atom stereocenters. The van der Waals surface area contributed by atoms with E-state index in [1.807, 2.05) is 16.4 Å². The Balaban J connectivity index is 2.09. The molecule has 2 heterocycles. The molecule has 0 amide bonds. The van der Waals surface area contributed by atoms with Crippen molar-refractivity contribution >= 4 is 11.8 Å². The average Bonchev–Trinajstić information content (AvgIpc) is 2.87. The van der Waals surface area contributed by atoms with Crippen LogP contribution in [-0.4, -0.2) is 31.6 Å². The molecule has 1 fully saturated rings. The van der Waals surface area contributed by atoms with Gasteiger partial charge in [0.25, 0.3) is 0 Å². The Morgan fingerprint density at radius 2 is 2.60 bits per heavy atom. The first kappa shape index (κ1) is 11.0. The lowest BCUT2D eigenvalue weighted by molar-refractivity contribution is 0.111. The topological polar surface area (TPSA) is 50.9 Å². The van der Waals surface area contributed by atoms with Gasteiger partial charge >= 0.3 is 0 Å². The maximum atomic E-state index is 10.2. The summed E-state index contributed by atoms with van der Waals surface area (Å²) in [6.07, 6.45) is 3.43. The van der Waals surface area contributed by atoms with Gasteiger partial charge in [0.05, 0.1) is 11.9 Å². The third kappa shape index (κ3) is 2.34. The zero-order valence-corrected chi connectivity index (χ0v) is 9.78. The van der Waals surface area contributed by atoms with Crippen LogP contribution in [0.5, 0.6) is 0 Å². The Kier molecular flexibility index (Phi) is 3.64. The van der Waals surface area contributed by atoms with E-state index in [-0.39, 0.29) is 6.10 Å². The van der Waals surface area contributed by atoms with Crippen molar-refractivity contribution in [2.45, 2.75) is 32.4 Å². The largest absolute Gasteiger partial charge is 0.386 e. The van der Waals surface area contributed by atoms with Gasteiger partial charge in [-0.2, -0.15) is 11.8 Å². The molecular formula is C10H17N3OS. The van der Waals surface area contributed by atoms with Crippen LogP contribution in [0.4, 0.5) is 0 Å². The molecule has 1 saturated heterocycles. The van der Waals surface area contributed by atoms with Crippen molar-refractivity contribution < 1.29 is 5.11 Å². The molecule has 2 rings (SSSR count). The van der Waals surface area contributed by atoms with Crippen molar-refractivity contribution in [2.75, 3.05) is 11.5 Å². The highest BCUT2D eigenvalue weighted by Crippen LogP contribution is 2.33. The highest BCUT2D eigenvalue weighted by atomic mass is 32.2. The van der Waals surface area contributed by atoms with Gasteiger partial charge in [-0.3, -0.25) is 0 Å². The van der Waals surface area contributed by atoms with Crippen molar-refractivity contribution in [3.05, 3.63) is 11.9 Å². The minimum atomic E-state index is -0.387. The molecule has 1 aromatic rings. The van der Waals surface area contributed by atoms with Crippen LogP contribution in [0.15, 0.2) is 6.20 Å². The number of aryl methyl sites for hydroxylation is 1. The average molecular weight is 227 g/mol. The Hall–Kier alpha value is -0.550. The van der Waals surface area contributed by atoms with E-state index in [4.69, 9.17) is 0 Å². The van der Waals surface area contributed by atoms with E-state index in [2.05, 4.69) is 17.2 Å². The van der Waals surface area contributed by atoms with Crippen molar-refractivity contribution in [3.8, 4) is 0 Å². The van der Waals surface area contributed by atoms with E-state index in [0.717, 1.165) is 36.6 Å². The van der Waals surface area contributed by atoms with E-state index in [1.165, 1.54) is 0 Å². The molecule has 4 nitrogen and oxygen atoms in total. The van der Waals surface area contributed by atoms with Crippen LogP contribution in [0, 0.1) is 5.92 Å². The van der Waals surface area contributed by atoms with Gasteiger partial charge in [-0.15, -0.1) is 5.10 Å². The number of rotatable bonds is 4. The quantitative estimate of drug-likeness (QED) is 0.846. The van der Waals surface area contributed by atoms with Gasteiger partial charge in [0.15, 0.2) is 0 Å². The SMILES string of the molecule is CCCn1nncc1C(O)C1CCSC1. The molecule has 2 unspecified atom stereocenters. The molecule has 15 heavy (non-hydrogen) atoms. The lowest BCUT2D eigenvalue weighted by Crippen LogP contribution is -2.16. The van der Waals surface area contributed by atoms with Gasteiger partial charge in [-0.05, 0) is 24.3 Å². The number of thioether (sulfide) groups is 1. The molecule has 1 aliphatic rings. The summed E-state index contributed by atoms with van der Waals surface area (Å²) in [5.41, 5.74) is 0.879. The van der Waals surface area contributed by atoms with E-state index in [0.29, 0.717) is 5.92 Å². The van der Waals surface area contributed by atoms with Crippen molar-refractivity contribution in [1.82, 2.24) is 15.0 Å². The van der Waals surface area contributed by atoms with Crippen LogP contribution in [-0.2, 0) is 6.54 Å². The first-order valence-corrected chi connectivity index (χ1v) is 6.62. The molecule has 1 aliphatic heterocycles. The normalized spacial score (nSPS) is 23.2. The van der Waals surface area contributed by atoms with E-state index in [1.54, 1.807) is 6.20 Å². The molecule has 84 valence electrons. The molecule has 0 aliphatic carbocycles. The number of hydrogen-bond donors (Lipinski definition) is 1. The maximum Gasteiger partial charge on any atom is 0.101 e. The highest BCUT2D eigenvalue weighted by Gasteiger charge is 2.27. The first-order valence-electron chi connectivity index (χ1n) is 5.47. The predicted octanol–water partition coefficient (Wildman–Crippen LogP) is 1.47. The molecule has 5 heteroatoms. The van der Waals surface area contributed by atoms with Gasteiger partial charge in [-0.25, -0.2) is 4.68 Å². The minimum absolute atomic E-state index is 0.379. The Bertz CT molecular complexity index is 309. The van der Waals surface area contributed by atoms with Crippen LogP contribution < -0.4 is 0 Å². The van der Waals surface area contributed by atoms with Gasteiger partial charge in [0.1, 0.15) is 6.10 Å². The lowest BCUT2D eigenvalue weighted by Gasteiger charge is -2.17. The summed E-state index contributed by atoms with van der Waals surface area (Å²) in [6.45, 7) is 2.94. The van der Waals surface area contributed by atoms with Crippen LogP contribution in [0.25, 0.3) is 0 Å². The molecule has 0 saturated carbocycles. The third-order valence-electron chi connectivity index (χ3n) is 2.80. The summed E-state index contributed by atoms with van der Waals surface area (Å²) in [4.78, 5) is 0. The summed E-state index contributed by atoms with van der Waals surface area (Å²) in [7, 11) is 0. The van der Waals surface area contributed by atoms with Crippen LogP contribution >= 0.6 is 11.8 Å². The second kappa shape index (κ2) is 4.99. The second-order valence-electron chi connectivity index (χ2n) is 3.95. The molecule has 1 aromatic heterocycles. The predicted molar refractivity (Wildman–Crippen MR) is 60.7 cm³/mol.